The highest BCUT2D eigenvalue weighted by atomic mass is 35.5. The van der Waals surface area contributed by atoms with Gasteiger partial charge in [-0.2, -0.15) is 0 Å². The van der Waals surface area contributed by atoms with Crippen LogP contribution in [0.25, 0.3) is 11.0 Å². The third-order valence-electron chi connectivity index (χ3n) is 11.2. The number of nitrogens with one attached hydrogen (secondary N) is 1. The number of hydrogen-bond acceptors (Lipinski definition) is 7. The van der Waals surface area contributed by atoms with Crippen molar-refractivity contribution in [3.63, 3.8) is 0 Å². The van der Waals surface area contributed by atoms with Gasteiger partial charge in [-0.05, 0) is 92.7 Å². The van der Waals surface area contributed by atoms with Crippen LogP contribution in [0.1, 0.15) is 91.2 Å². The summed E-state index contributed by atoms with van der Waals surface area (Å²) in [6, 6.07) is 4.01. The topological polar surface area (TPSA) is 111 Å². The molecule has 46 heavy (non-hydrogen) atoms. The van der Waals surface area contributed by atoms with Crippen molar-refractivity contribution in [1.82, 2.24) is 20.2 Å². The molecule has 2 amide bonds. The molecule has 2 aliphatic heterocycles. The first-order valence-corrected chi connectivity index (χ1v) is 17.8. The molecule has 248 valence electrons. The summed E-state index contributed by atoms with van der Waals surface area (Å²) in [5, 5.41) is 3.55. The van der Waals surface area contributed by atoms with Crippen LogP contribution >= 0.6 is 11.6 Å². The Bertz CT molecular complexity index is 1520. The first-order valence-electron chi connectivity index (χ1n) is 17.5. The van der Waals surface area contributed by atoms with E-state index in [1.165, 1.54) is 6.42 Å². The Morgan fingerprint density at radius 1 is 1.00 bits per heavy atom. The fourth-order valence-corrected chi connectivity index (χ4v) is 8.61. The van der Waals surface area contributed by atoms with Crippen molar-refractivity contribution in [3.8, 4) is 5.88 Å². The molecule has 2 bridgehead atoms. The summed E-state index contributed by atoms with van der Waals surface area (Å²) in [6.07, 6.45) is 8.08. The van der Waals surface area contributed by atoms with Crippen molar-refractivity contribution in [2.75, 3.05) is 6.54 Å². The molecule has 8 atom stereocenters. The fraction of sp³-hybridized carbons (Fsp3) is 0.694. The van der Waals surface area contributed by atoms with E-state index in [0.717, 1.165) is 56.2 Å². The van der Waals surface area contributed by atoms with E-state index >= 15 is 0 Å². The number of ketones is 1. The molecule has 3 heterocycles. The maximum absolute atomic E-state index is 14.6. The quantitative estimate of drug-likeness (QED) is 0.402. The van der Waals surface area contributed by atoms with Crippen LogP contribution in [0.4, 0.5) is 4.79 Å². The minimum atomic E-state index is -0.864. The Labute approximate surface area is 276 Å². The number of halogens is 1. The second-order valence-corrected chi connectivity index (χ2v) is 15.9. The molecule has 1 saturated heterocycles. The number of hydrogen-bond donors (Lipinski definition) is 1. The lowest BCUT2D eigenvalue weighted by molar-refractivity contribution is -0.142. The number of amides is 2. The minimum absolute atomic E-state index is 0.0374. The Balaban J connectivity index is 1.26. The zero-order valence-corrected chi connectivity index (χ0v) is 28.2. The molecule has 2 unspecified atom stereocenters. The molecule has 2 aromatic rings. The summed E-state index contributed by atoms with van der Waals surface area (Å²) in [4.78, 5) is 53.5. The third-order valence-corrected chi connectivity index (χ3v) is 11.4. The van der Waals surface area contributed by atoms with Gasteiger partial charge in [-0.1, -0.05) is 52.1 Å². The molecule has 0 radical (unpaired) electrons. The monoisotopic (exact) mass is 650 g/mol. The van der Waals surface area contributed by atoms with E-state index in [0.29, 0.717) is 47.0 Å². The van der Waals surface area contributed by atoms with Crippen molar-refractivity contribution in [2.24, 2.45) is 35.0 Å². The van der Waals surface area contributed by atoms with Gasteiger partial charge < -0.3 is 19.7 Å². The molecular weight excluding hydrogens is 604 g/mol. The molecule has 5 aliphatic rings. The number of carbonyl (C=O) groups is 3. The summed E-state index contributed by atoms with van der Waals surface area (Å²) < 4.78 is 12.9. The smallest absolute Gasteiger partial charge is 0.408 e. The van der Waals surface area contributed by atoms with E-state index in [1.54, 1.807) is 11.0 Å². The van der Waals surface area contributed by atoms with E-state index in [-0.39, 0.29) is 36.2 Å². The molecule has 1 N–H and O–H groups in total. The molecular formula is C36H47ClN4O5. The SMILES string of the molecule is CC[C@@H]1[C@@H]2CN(C(=O)[C@H](C(C)(C)C)NC(=O)O[C@@H]3CC4CC4[C@H]3CCCCCc3nc4ccc(Cl)cc4nc3O2)[C@@H]1C(=O)C1CC1. The van der Waals surface area contributed by atoms with Crippen molar-refractivity contribution >= 4 is 40.4 Å². The lowest BCUT2D eigenvalue weighted by Gasteiger charge is -2.36. The Kier molecular flexibility index (Phi) is 8.43. The number of nitrogens with zero attached hydrogens (tertiary/aromatic N) is 3. The number of benzene rings is 1. The molecule has 3 saturated carbocycles. The predicted molar refractivity (Wildman–Crippen MR) is 175 cm³/mol. The fourth-order valence-electron chi connectivity index (χ4n) is 8.44. The summed E-state index contributed by atoms with van der Waals surface area (Å²) in [5.41, 5.74) is 1.60. The Morgan fingerprint density at radius 3 is 2.54 bits per heavy atom. The van der Waals surface area contributed by atoms with Crippen LogP contribution in [0, 0.1) is 35.0 Å². The molecule has 1 aromatic carbocycles. The minimum Gasteiger partial charge on any atom is -0.471 e. The van der Waals surface area contributed by atoms with Crippen LogP contribution in [-0.2, 0) is 20.7 Å². The zero-order chi connectivity index (χ0) is 32.3. The second kappa shape index (κ2) is 12.3. The van der Waals surface area contributed by atoms with Gasteiger partial charge in [0.25, 0.3) is 0 Å². The first-order chi connectivity index (χ1) is 22.0. The Morgan fingerprint density at radius 2 is 1.80 bits per heavy atom. The number of ether oxygens (including phenoxy) is 2. The summed E-state index contributed by atoms with van der Waals surface area (Å²) in [7, 11) is 0. The number of fused-ring (bicyclic) bond motifs is 7. The van der Waals surface area contributed by atoms with Gasteiger partial charge in [-0.15, -0.1) is 0 Å². The highest BCUT2D eigenvalue weighted by Gasteiger charge is 2.55. The second-order valence-electron chi connectivity index (χ2n) is 15.5. The lowest BCUT2D eigenvalue weighted by atomic mass is 9.85. The van der Waals surface area contributed by atoms with Crippen LogP contribution in [0.3, 0.4) is 0 Å². The van der Waals surface area contributed by atoms with E-state index in [9.17, 15) is 14.4 Å². The number of alkyl carbamates (subject to hydrolysis) is 1. The number of rotatable bonds is 3. The van der Waals surface area contributed by atoms with Gasteiger partial charge in [0.15, 0.2) is 5.78 Å². The summed E-state index contributed by atoms with van der Waals surface area (Å²) >= 11 is 6.33. The third kappa shape index (κ3) is 6.20. The molecule has 1 aromatic heterocycles. The number of aryl methyl sites for hydroxylation is 1. The first kappa shape index (κ1) is 31.6. The number of Topliss-reactive ketones (excluding diaryl/α,β-unsaturated/α-hetero) is 1. The maximum Gasteiger partial charge on any atom is 0.408 e. The average molecular weight is 651 g/mol. The predicted octanol–water partition coefficient (Wildman–Crippen LogP) is 6.53. The molecule has 3 aliphatic carbocycles. The summed E-state index contributed by atoms with van der Waals surface area (Å²) in [6.45, 7) is 8.10. The highest BCUT2D eigenvalue weighted by molar-refractivity contribution is 6.31. The van der Waals surface area contributed by atoms with Gasteiger partial charge in [0.05, 0.1) is 23.6 Å². The van der Waals surface area contributed by atoms with Gasteiger partial charge in [0.2, 0.25) is 11.8 Å². The van der Waals surface area contributed by atoms with Gasteiger partial charge in [-0.3, -0.25) is 9.59 Å². The van der Waals surface area contributed by atoms with Gasteiger partial charge >= 0.3 is 6.09 Å². The van der Waals surface area contributed by atoms with E-state index in [1.807, 2.05) is 39.8 Å². The molecule has 0 spiro atoms. The average Bonchev–Trinajstić information content (AvgIpc) is 3.93. The van der Waals surface area contributed by atoms with Crippen molar-refractivity contribution in [1.29, 1.82) is 0 Å². The largest absolute Gasteiger partial charge is 0.471 e. The van der Waals surface area contributed by atoms with Crippen molar-refractivity contribution in [2.45, 2.75) is 116 Å². The molecule has 4 fully saturated rings. The Hall–Kier alpha value is -2.94. The highest BCUT2D eigenvalue weighted by Crippen LogP contribution is 2.57. The van der Waals surface area contributed by atoms with E-state index in [4.69, 9.17) is 31.0 Å². The van der Waals surface area contributed by atoms with Crippen LogP contribution in [0.2, 0.25) is 5.02 Å². The number of aromatic nitrogens is 2. The number of carbonyl (C=O) groups excluding carboxylic acids is 3. The van der Waals surface area contributed by atoms with Crippen LogP contribution in [0.5, 0.6) is 5.88 Å². The molecule has 7 rings (SSSR count). The maximum atomic E-state index is 14.6. The molecule has 10 heteroatoms. The standard InChI is InChI=1S/C36H47ClN4O5/c1-5-22-29-18-41(30(22)31(42)19-11-12-19)34(43)32(36(2,3)4)40-35(44)46-28-16-20-15-24(20)23(28)9-7-6-8-10-26-33(45-29)39-27-17-21(37)13-14-25(27)38-26/h13-14,17,19-20,22-24,28-30,32H,5-12,15-16,18H2,1-4H3,(H,40,44)/t20?,22-,23-,24?,28-,29+,30+,32-/m1/s1. The van der Waals surface area contributed by atoms with E-state index in [2.05, 4.69) is 5.32 Å². The van der Waals surface area contributed by atoms with Crippen molar-refractivity contribution < 1.29 is 23.9 Å². The normalized spacial score (nSPS) is 33.5. The van der Waals surface area contributed by atoms with Gasteiger partial charge in [-0.25, -0.2) is 14.8 Å². The van der Waals surface area contributed by atoms with Crippen LogP contribution in [0.15, 0.2) is 18.2 Å². The zero-order valence-electron chi connectivity index (χ0n) is 27.5. The summed E-state index contributed by atoms with van der Waals surface area (Å²) in [5.74, 6) is 1.65. The van der Waals surface area contributed by atoms with Gasteiger partial charge in [0, 0.05) is 16.9 Å². The van der Waals surface area contributed by atoms with Gasteiger partial charge in [0.1, 0.15) is 23.9 Å². The van der Waals surface area contributed by atoms with Crippen LogP contribution in [-0.4, -0.2) is 63.5 Å². The van der Waals surface area contributed by atoms with Crippen molar-refractivity contribution in [3.05, 3.63) is 28.9 Å². The molecule has 9 nitrogen and oxygen atoms in total. The van der Waals surface area contributed by atoms with E-state index < -0.39 is 29.7 Å². The van der Waals surface area contributed by atoms with Crippen LogP contribution < -0.4 is 10.1 Å². The lowest BCUT2D eigenvalue weighted by Crippen LogP contribution is -2.57.